The van der Waals surface area contributed by atoms with Gasteiger partial charge in [-0.15, -0.1) is 0 Å². The second kappa shape index (κ2) is 4.90. The molecule has 0 bridgehead atoms. The summed E-state index contributed by atoms with van der Waals surface area (Å²) in [7, 11) is -3.57. The summed E-state index contributed by atoms with van der Waals surface area (Å²) in [6.45, 7) is 2.16. The summed E-state index contributed by atoms with van der Waals surface area (Å²) in [5.41, 5.74) is 0. The van der Waals surface area contributed by atoms with E-state index in [0.717, 1.165) is 13.0 Å². The van der Waals surface area contributed by atoms with E-state index in [0.29, 0.717) is 24.0 Å². The first kappa shape index (κ1) is 13.6. The molecule has 0 spiro atoms. The molecule has 0 amide bonds. The Kier molecular flexibility index (Phi) is 3.52. The minimum Gasteiger partial charge on any atom is -0.315 e. The van der Waals surface area contributed by atoms with Crippen LogP contribution < -0.4 is 5.32 Å². The van der Waals surface area contributed by atoms with Gasteiger partial charge in [0.2, 0.25) is 10.0 Å². The van der Waals surface area contributed by atoms with E-state index in [2.05, 4.69) is 5.32 Å². The molecule has 1 N–H and O–H groups in total. The lowest BCUT2D eigenvalue weighted by atomic mass is 10.1. The Morgan fingerprint density at radius 2 is 2.05 bits per heavy atom. The van der Waals surface area contributed by atoms with Crippen LogP contribution >= 0.6 is 23.2 Å². The largest absolute Gasteiger partial charge is 0.315 e. The summed E-state index contributed by atoms with van der Waals surface area (Å²) >= 11 is 11.9. The van der Waals surface area contributed by atoms with Crippen LogP contribution in [0.25, 0.3) is 0 Å². The van der Waals surface area contributed by atoms with E-state index < -0.39 is 10.0 Å². The van der Waals surface area contributed by atoms with Crippen molar-refractivity contribution >= 4 is 33.2 Å². The first-order chi connectivity index (χ1) is 9.00. The normalized spacial score (nSPS) is 27.7. The fourth-order valence-electron chi connectivity index (χ4n) is 2.91. The van der Waals surface area contributed by atoms with Gasteiger partial charge in [0.1, 0.15) is 4.90 Å². The van der Waals surface area contributed by atoms with Gasteiger partial charge in [-0.1, -0.05) is 23.2 Å². The maximum absolute atomic E-state index is 12.7. The quantitative estimate of drug-likeness (QED) is 0.906. The van der Waals surface area contributed by atoms with Crippen LogP contribution in [0.3, 0.4) is 0 Å². The molecule has 3 rings (SSSR count). The van der Waals surface area contributed by atoms with Gasteiger partial charge < -0.3 is 5.32 Å². The SMILES string of the molecule is O=S(=O)(c1cc(Cl)ccc1Cl)N1CC[C@H]2CNC[C@H]21. The molecule has 1 aromatic rings. The first-order valence-corrected chi connectivity index (χ1v) is 8.37. The summed E-state index contributed by atoms with van der Waals surface area (Å²) in [4.78, 5) is 0.106. The molecule has 0 aromatic heterocycles. The standard InChI is InChI=1S/C12H14Cl2N2O2S/c13-9-1-2-10(14)12(5-9)19(17,18)16-4-3-8-6-15-7-11(8)16/h1-2,5,8,11,15H,3-4,6-7H2/t8-,11+/m0/s1. The van der Waals surface area contributed by atoms with Gasteiger partial charge in [0.15, 0.2) is 0 Å². The Morgan fingerprint density at radius 1 is 1.26 bits per heavy atom. The van der Waals surface area contributed by atoms with Crippen LogP contribution in [0.4, 0.5) is 0 Å². The Balaban J connectivity index is 2.01. The molecule has 104 valence electrons. The lowest BCUT2D eigenvalue weighted by Gasteiger charge is -2.23. The Bertz CT molecular complexity index is 606. The molecule has 0 aliphatic carbocycles. The third kappa shape index (κ3) is 2.28. The van der Waals surface area contributed by atoms with Gasteiger partial charge in [0.25, 0.3) is 0 Å². The van der Waals surface area contributed by atoms with Gasteiger partial charge in [-0.2, -0.15) is 4.31 Å². The average Bonchev–Trinajstić information content (AvgIpc) is 2.93. The van der Waals surface area contributed by atoms with Crippen molar-refractivity contribution in [2.75, 3.05) is 19.6 Å². The number of sulfonamides is 1. The molecular formula is C12H14Cl2N2O2S. The van der Waals surface area contributed by atoms with E-state index in [9.17, 15) is 8.42 Å². The second-order valence-corrected chi connectivity index (χ2v) is 7.67. The number of fused-ring (bicyclic) bond motifs is 1. The van der Waals surface area contributed by atoms with Gasteiger partial charge in [0.05, 0.1) is 5.02 Å². The van der Waals surface area contributed by atoms with Crippen molar-refractivity contribution in [3.05, 3.63) is 28.2 Å². The van der Waals surface area contributed by atoms with Gasteiger partial charge in [-0.25, -0.2) is 8.42 Å². The highest BCUT2D eigenvalue weighted by atomic mass is 35.5. The summed E-state index contributed by atoms with van der Waals surface area (Å²) in [6, 6.07) is 4.58. The van der Waals surface area contributed by atoms with Crippen molar-refractivity contribution in [3.8, 4) is 0 Å². The van der Waals surface area contributed by atoms with Crippen molar-refractivity contribution in [2.45, 2.75) is 17.4 Å². The van der Waals surface area contributed by atoms with Gasteiger partial charge in [-0.05, 0) is 37.1 Å². The van der Waals surface area contributed by atoms with Crippen molar-refractivity contribution < 1.29 is 8.42 Å². The molecule has 2 heterocycles. The van der Waals surface area contributed by atoms with E-state index in [-0.39, 0.29) is 16.0 Å². The minimum atomic E-state index is -3.57. The maximum atomic E-state index is 12.7. The number of nitrogens with one attached hydrogen (secondary N) is 1. The molecule has 0 radical (unpaired) electrons. The summed E-state index contributed by atoms with van der Waals surface area (Å²) in [5.74, 6) is 0.410. The fourth-order valence-corrected chi connectivity index (χ4v) is 5.35. The lowest BCUT2D eigenvalue weighted by Crippen LogP contribution is -2.39. The van der Waals surface area contributed by atoms with E-state index >= 15 is 0 Å². The van der Waals surface area contributed by atoms with Crippen LogP contribution in [-0.2, 0) is 10.0 Å². The molecule has 0 unspecified atom stereocenters. The maximum Gasteiger partial charge on any atom is 0.244 e. The minimum absolute atomic E-state index is 0.0417. The molecule has 1 aromatic carbocycles. The number of benzene rings is 1. The van der Waals surface area contributed by atoms with Crippen LogP contribution in [0.1, 0.15) is 6.42 Å². The van der Waals surface area contributed by atoms with Crippen molar-refractivity contribution in [1.29, 1.82) is 0 Å². The molecule has 2 aliphatic rings. The third-order valence-corrected chi connectivity index (χ3v) is 6.52. The monoisotopic (exact) mass is 320 g/mol. The molecular weight excluding hydrogens is 307 g/mol. The van der Waals surface area contributed by atoms with E-state index in [4.69, 9.17) is 23.2 Å². The van der Waals surface area contributed by atoms with Gasteiger partial charge in [0, 0.05) is 24.2 Å². The van der Waals surface area contributed by atoms with Crippen LogP contribution in [0.5, 0.6) is 0 Å². The molecule has 2 saturated heterocycles. The number of hydrogen-bond acceptors (Lipinski definition) is 3. The number of halogens is 2. The smallest absolute Gasteiger partial charge is 0.244 e. The zero-order valence-corrected chi connectivity index (χ0v) is 12.5. The highest BCUT2D eigenvalue weighted by Crippen LogP contribution is 2.35. The Morgan fingerprint density at radius 3 is 2.84 bits per heavy atom. The average molecular weight is 321 g/mol. The first-order valence-electron chi connectivity index (χ1n) is 6.18. The van der Waals surface area contributed by atoms with Crippen molar-refractivity contribution in [3.63, 3.8) is 0 Å². The van der Waals surface area contributed by atoms with Crippen LogP contribution in [0.15, 0.2) is 23.1 Å². The topological polar surface area (TPSA) is 49.4 Å². The second-order valence-electron chi connectivity index (χ2n) is 4.96. The summed E-state index contributed by atoms with van der Waals surface area (Å²) < 4.78 is 27.0. The number of nitrogens with zero attached hydrogens (tertiary/aromatic N) is 1. The number of rotatable bonds is 2. The molecule has 19 heavy (non-hydrogen) atoms. The zero-order chi connectivity index (χ0) is 13.6. The third-order valence-electron chi connectivity index (χ3n) is 3.87. The van der Waals surface area contributed by atoms with Crippen molar-refractivity contribution in [1.82, 2.24) is 9.62 Å². The molecule has 2 atom stereocenters. The van der Waals surface area contributed by atoms with Crippen LogP contribution in [0.2, 0.25) is 10.0 Å². The van der Waals surface area contributed by atoms with Gasteiger partial charge in [-0.3, -0.25) is 0 Å². The van der Waals surface area contributed by atoms with Crippen LogP contribution in [0, 0.1) is 5.92 Å². The van der Waals surface area contributed by atoms with Crippen LogP contribution in [-0.4, -0.2) is 38.4 Å². The lowest BCUT2D eigenvalue weighted by molar-refractivity contribution is 0.383. The van der Waals surface area contributed by atoms with Crippen molar-refractivity contribution in [2.24, 2.45) is 5.92 Å². The number of hydrogen-bond donors (Lipinski definition) is 1. The summed E-state index contributed by atoms with van der Waals surface area (Å²) in [5, 5.41) is 3.84. The predicted octanol–water partition coefficient (Wildman–Crippen LogP) is 1.98. The highest BCUT2D eigenvalue weighted by Gasteiger charge is 2.44. The Labute approximate surface area is 122 Å². The molecule has 2 fully saturated rings. The molecule has 2 aliphatic heterocycles. The summed E-state index contributed by atoms with van der Waals surface area (Å²) in [6.07, 6.45) is 0.898. The molecule has 4 nitrogen and oxygen atoms in total. The molecule has 7 heteroatoms. The molecule has 0 saturated carbocycles. The fraction of sp³-hybridized carbons (Fsp3) is 0.500. The highest BCUT2D eigenvalue weighted by molar-refractivity contribution is 7.89. The van der Waals surface area contributed by atoms with E-state index in [1.54, 1.807) is 10.4 Å². The van der Waals surface area contributed by atoms with E-state index in [1.807, 2.05) is 0 Å². The van der Waals surface area contributed by atoms with Gasteiger partial charge >= 0.3 is 0 Å². The zero-order valence-electron chi connectivity index (χ0n) is 10.1. The van der Waals surface area contributed by atoms with E-state index in [1.165, 1.54) is 12.1 Å². The Hall–Kier alpha value is -0.330. The predicted molar refractivity (Wildman–Crippen MR) is 75.1 cm³/mol.